The van der Waals surface area contributed by atoms with Crippen molar-refractivity contribution in [3.63, 3.8) is 0 Å². The smallest absolute Gasteiger partial charge is 0.137 e. The molecule has 0 aliphatic heterocycles. The van der Waals surface area contributed by atoms with Gasteiger partial charge in [0.2, 0.25) is 0 Å². The molecule has 0 fully saturated rings. The number of hydrogen-bond donors (Lipinski definition) is 0. The number of rotatable bonds is 7. The molecular weight excluding hydrogens is 236 g/mol. The molecule has 0 aliphatic carbocycles. The molecule has 0 bridgehead atoms. The maximum atomic E-state index is 8.99. The molecule has 0 aromatic heterocycles. The van der Waals surface area contributed by atoms with Gasteiger partial charge in [0.1, 0.15) is 18.4 Å². The van der Waals surface area contributed by atoms with E-state index in [-0.39, 0.29) is 0 Å². The SMILES string of the molecule is CC(C)CN(CCOc1ccccc1C#N)C(C)C. The summed E-state index contributed by atoms with van der Waals surface area (Å²) in [5.41, 5.74) is 0.599. The summed E-state index contributed by atoms with van der Waals surface area (Å²) in [7, 11) is 0. The highest BCUT2D eigenvalue weighted by atomic mass is 16.5. The lowest BCUT2D eigenvalue weighted by atomic mass is 10.2. The first-order chi connectivity index (χ1) is 9.04. The van der Waals surface area contributed by atoms with Crippen LogP contribution >= 0.6 is 0 Å². The average molecular weight is 260 g/mol. The van der Waals surface area contributed by atoms with Crippen LogP contribution in [0.3, 0.4) is 0 Å². The molecule has 19 heavy (non-hydrogen) atoms. The van der Waals surface area contributed by atoms with E-state index in [0.29, 0.717) is 29.9 Å². The lowest BCUT2D eigenvalue weighted by Gasteiger charge is -2.28. The third-order valence-corrected chi connectivity index (χ3v) is 2.97. The van der Waals surface area contributed by atoms with Gasteiger partial charge >= 0.3 is 0 Å². The predicted molar refractivity (Wildman–Crippen MR) is 78.2 cm³/mol. The molecule has 1 aromatic rings. The standard InChI is InChI=1S/C16H24N2O/c1-13(2)12-18(14(3)4)9-10-19-16-8-6-5-7-15(16)11-17/h5-8,13-14H,9-10,12H2,1-4H3. The Morgan fingerprint density at radius 1 is 1.21 bits per heavy atom. The lowest BCUT2D eigenvalue weighted by molar-refractivity contribution is 0.160. The number of nitrogens with zero attached hydrogens (tertiary/aromatic N) is 2. The fourth-order valence-electron chi connectivity index (χ4n) is 1.99. The summed E-state index contributed by atoms with van der Waals surface area (Å²) in [4.78, 5) is 2.40. The highest BCUT2D eigenvalue weighted by molar-refractivity contribution is 5.42. The minimum absolute atomic E-state index is 0.511. The zero-order chi connectivity index (χ0) is 14.3. The van der Waals surface area contributed by atoms with E-state index < -0.39 is 0 Å². The topological polar surface area (TPSA) is 36.3 Å². The summed E-state index contributed by atoms with van der Waals surface area (Å²) in [5, 5.41) is 8.99. The van der Waals surface area contributed by atoms with E-state index in [4.69, 9.17) is 10.00 Å². The van der Waals surface area contributed by atoms with Crippen LogP contribution in [0.15, 0.2) is 24.3 Å². The van der Waals surface area contributed by atoms with Crippen LogP contribution in [-0.4, -0.2) is 30.6 Å². The Hall–Kier alpha value is -1.53. The van der Waals surface area contributed by atoms with Crippen molar-refractivity contribution >= 4 is 0 Å². The van der Waals surface area contributed by atoms with Gasteiger partial charge in [-0.05, 0) is 31.9 Å². The van der Waals surface area contributed by atoms with E-state index in [0.717, 1.165) is 13.1 Å². The molecule has 0 unspecified atom stereocenters. The van der Waals surface area contributed by atoms with Crippen molar-refractivity contribution in [2.45, 2.75) is 33.7 Å². The Morgan fingerprint density at radius 3 is 2.47 bits per heavy atom. The molecule has 0 heterocycles. The predicted octanol–water partition coefficient (Wildman–Crippen LogP) is 3.30. The van der Waals surface area contributed by atoms with Gasteiger partial charge in [-0.1, -0.05) is 26.0 Å². The first kappa shape index (κ1) is 15.5. The summed E-state index contributed by atoms with van der Waals surface area (Å²) in [6.07, 6.45) is 0. The second-order valence-electron chi connectivity index (χ2n) is 5.44. The first-order valence-electron chi connectivity index (χ1n) is 6.90. The molecule has 0 atom stereocenters. The number of hydrogen-bond acceptors (Lipinski definition) is 3. The molecule has 0 spiro atoms. The fourth-order valence-corrected chi connectivity index (χ4v) is 1.99. The van der Waals surface area contributed by atoms with Crippen molar-refractivity contribution in [2.24, 2.45) is 5.92 Å². The molecule has 0 saturated carbocycles. The molecular formula is C16H24N2O. The van der Waals surface area contributed by atoms with Gasteiger partial charge in [-0.15, -0.1) is 0 Å². The van der Waals surface area contributed by atoms with Crippen LogP contribution in [0, 0.1) is 17.2 Å². The average Bonchev–Trinajstić information content (AvgIpc) is 2.37. The van der Waals surface area contributed by atoms with Crippen LogP contribution in [0.4, 0.5) is 0 Å². The van der Waals surface area contributed by atoms with E-state index in [9.17, 15) is 0 Å². The molecule has 0 radical (unpaired) electrons. The minimum Gasteiger partial charge on any atom is -0.491 e. The maximum Gasteiger partial charge on any atom is 0.137 e. The quantitative estimate of drug-likeness (QED) is 0.754. The Bertz CT molecular complexity index is 421. The van der Waals surface area contributed by atoms with Crippen molar-refractivity contribution < 1.29 is 4.74 Å². The van der Waals surface area contributed by atoms with E-state index in [1.54, 1.807) is 6.07 Å². The monoisotopic (exact) mass is 260 g/mol. The second kappa shape index (κ2) is 7.81. The van der Waals surface area contributed by atoms with Crippen molar-refractivity contribution in [1.82, 2.24) is 4.90 Å². The summed E-state index contributed by atoms with van der Waals surface area (Å²) in [6.45, 7) is 11.4. The second-order valence-corrected chi connectivity index (χ2v) is 5.44. The number of benzene rings is 1. The van der Waals surface area contributed by atoms with Crippen molar-refractivity contribution in [3.8, 4) is 11.8 Å². The fraction of sp³-hybridized carbons (Fsp3) is 0.562. The zero-order valence-electron chi connectivity index (χ0n) is 12.4. The van der Waals surface area contributed by atoms with E-state index >= 15 is 0 Å². The third-order valence-electron chi connectivity index (χ3n) is 2.97. The van der Waals surface area contributed by atoms with Crippen molar-refractivity contribution in [3.05, 3.63) is 29.8 Å². The molecule has 1 aromatic carbocycles. The highest BCUT2D eigenvalue weighted by Gasteiger charge is 2.11. The first-order valence-corrected chi connectivity index (χ1v) is 6.90. The van der Waals surface area contributed by atoms with Crippen molar-refractivity contribution in [2.75, 3.05) is 19.7 Å². The van der Waals surface area contributed by atoms with Crippen LogP contribution in [-0.2, 0) is 0 Å². The number of para-hydroxylation sites is 1. The van der Waals surface area contributed by atoms with E-state index in [1.165, 1.54) is 0 Å². The van der Waals surface area contributed by atoms with Gasteiger partial charge < -0.3 is 4.74 Å². The van der Waals surface area contributed by atoms with Crippen LogP contribution in [0.25, 0.3) is 0 Å². The summed E-state index contributed by atoms with van der Waals surface area (Å²) < 4.78 is 5.73. The van der Waals surface area contributed by atoms with Gasteiger partial charge in [-0.25, -0.2) is 0 Å². The maximum absolute atomic E-state index is 8.99. The Kier molecular flexibility index (Phi) is 6.38. The van der Waals surface area contributed by atoms with Crippen LogP contribution in [0.5, 0.6) is 5.75 Å². The largest absolute Gasteiger partial charge is 0.491 e. The third kappa shape index (κ3) is 5.32. The van der Waals surface area contributed by atoms with Gasteiger partial charge in [0, 0.05) is 19.1 Å². The molecule has 3 nitrogen and oxygen atoms in total. The van der Waals surface area contributed by atoms with Crippen LogP contribution in [0.1, 0.15) is 33.3 Å². The molecule has 0 saturated heterocycles. The lowest BCUT2D eigenvalue weighted by Crippen LogP contribution is -2.37. The zero-order valence-corrected chi connectivity index (χ0v) is 12.4. The van der Waals surface area contributed by atoms with Gasteiger partial charge in [0.25, 0.3) is 0 Å². The summed E-state index contributed by atoms with van der Waals surface area (Å²) in [6, 6.07) is 10.0. The Labute approximate surface area is 116 Å². The molecule has 1 rings (SSSR count). The van der Waals surface area contributed by atoms with E-state index in [1.807, 2.05) is 18.2 Å². The molecule has 0 aliphatic rings. The van der Waals surface area contributed by atoms with Crippen molar-refractivity contribution in [1.29, 1.82) is 5.26 Å². The number of ether oxygens (including phenoxy) is 1. The van der Waals surface area contributed by atoms with Crippen LogP contribution < -0.4 is 4.74 Å². The molecule has 0 N–H and O–H groups in total. The van der Waals surface area contributed by atoms with Crippen LogP contribution in [0.2, 0.25) is 0 Å². The number of nitriles is 1. The normalized spacial score (nSPS) is 11.1. The Morgan fingerprint density at radius 2 is 1.89 bits per heavy atom. The van der Waals surface area contributed by atoms with Gasteiger partial charge in [-0.2, -0.15) is 5.26 Å². The highest BCUT2D eigenvalue weighted by Crippen LogP contribution is 2.16. The Balaban J connectivity index is 2.50. The summed E-state index contributed by atoms with van der Waals surface area (Å²) >= 11 is 0. The van der Waals surface area contributed by atoms with Gasteiger partial charge in [0.05, 0.1) is 5.56 Å². The van der Waals surface area contributed by atoms with Gasteiger partial charge in [-0.3, -0.25) is 4.90 Å². The minimum atomic E-state index is 0.511. The molecule has 0 amide bonds. The van der Waals surface area contributed by atoms with E-state index in [2.05, 4.69) is 38.7 Å². The summed E-state index contributed by atoms with van der Waals surface area (Å²) in [5.74, 6) is 1.33. The molecule has 3 heteroatoms. The van der Waals surface area contributed by atoms with Gasteiger partial charge in [0.15, 0.2) is 0 Å². The molecule has 104 valence electrons.